The van der Waals surface area contributed by atoms with E-state index in [0.717, 1.165) is 17.5 Å². The first-order chi connectivity index (χ1) is 6.72. The molecule has 0 unspecified atom stereocenters. The zero-order chi connectivity index (χ0) is 10.1. The van der Waals surface area contributed by atoms with Crippen molar-refractivity contribution in [3.05, 3.63) is 29.6 Å². The molecule has 1 N–H and O–H groups in total. The van der Waals surface area contributed by atoms with E-state index in [1.807, 2.05) is 0 Å². The number of rotatable bonds is 2. The molecule has 0 bridgehead atoms. The number of fused-ring (bicyclic) bond motifs is 1. The summed E-state index contributed by atoms with van der Waals surface area (Å²) < 4.78 is 0. The van der Waals surface area contributed by atoms with Crippen LogP contribution in [0.2, 0.25) is 0 Å². The summed E-state index contributed by atoms with van der Waals surface area (Å²) in [4.78, 5) is 7.54. The van der Waals surface area contributed by atoms with Gasteiger partial charge in [-0.15, -0.1) is 0 Å². The minimum absolute atomic E-state index is 0.535. The summed E-state index contributed by atoms with van der Waals surface area (Å²) in [7, 11) is 0. The van der Waals surface area contributed by atoms with Gasteiger partial charge in [0.15, 0.2) is 0 Å². The van der Waals surface area contributed by atoms with Crippen molar-refractivity contribution in [1.29, 1.82) is 0 Å². The van der Waals surface area contributed by atoms with Gasteiger partial charge in [0.05, 0.1) is 17.4 Å². The number of nitrogens with one attached hydrogen (secondary N) is 1. The highest BCUT2D eigenvalue weighted by Gasteiger charge is 2.08. The molecule has 1 aromatic heterocycles. The molecule has 1 heterocycles. The number of benzene rings is 1. The highest BCUT2D eigenvalue weighted by atomic mass is 14.9. The molecule has 0 spiro atoms. The molecule has 2 rings (SSSR count). The van der Waals surface area contributed by atoms with Gasteiger partial charge in [-0.05, 0) is 29.5 Å². The first kappa shape index (κ1) is 9.25. The first-order valence-electron chi connectivity index (χ1n) is 5.18. The highest BCUT2D eigenvalue weighted by Crippen LogP contribution is 2.24. The van der Waals surface area contributed by atoms with Gasteiger partial charge in [-0.25, -0.2) is 4.98 Å². The summed E-state index contributed by atoms with van der Waals surface area (Å²) in [6.45, 7) is 6.60. The Kier molecular flexibility index (Phi) is 2.28. The van der Waals surface area contributed by atoms with Crippen molar-refractivity contribution in [1.82, 2.24) is 9.97 Å². The molecular formula is C12H16N2. The Bertz CT molecular complexity index is 441. The lowest BCUT2D eigenvalue weighted by Crippen LogP contribution is -1.92. The van der Waals surface area contributed by atoms with Gasteiger partial charge in [-0.3, -0.25) is 0 Å². The average molecular weight is 188 g/mol. The van der Waals surface area contributed by atoms with Gasteiger partial charge in [0.1, 0.15) is 0 Å². The number of H-pyrrole nitrogens is 1. The Morgan fingerprint density at radius 1 is 1.36 bits per heavy atom. The number of nitrogens with zero attached hydrogens (tertiary/aromatic N) is 1. The van der Waals surface area contributed by atoms with Crippen LogP contribution in [0.25, 0.3) is 11.0 Å². The third-order valence-corrected chi connectivity index (χ3v) is 2.64. The molecule has 2 aromatic rings. The average Bonchev–Trinajstić information content (AvgIpc) is 2.63. The lowest BCUT2D eigenvalue weighted by molar-refractivity contribution is 0.870. The van der Waals surface area contributed by atoms with Gasteiger partial charge in [0, 0.05) is 0 Å². The lowest BCUT2D eigenvalue weighted by atomic mass is 9.98. The Balaban J connectivity index is 2.70. The molecule has 0 aliphatic heterocycles. The van der Waals surface area contributed by atoms with Gasteiger partial charge >= 0.3 is 0 Å². The van der Waals surface area contributed by atoms with Gasteiger partial charge in [0.2, 0.25) is 0 Å². The summed E-state index contributed by atoms with van der Waals surface area (Å²) in [5, 5.41) is 0. The zero-order valence-electron chi connectivity index (χ0n) is 8.96. The van der Waals surface area contributed by atoms with E-state index in [1.54, 1.807) is 6.33 Å². The van der Waals surface area contributed by atoms with Crippen molar-refractivity contribution in [3.63, 3.8) is 0 Å². The molecule has 0 amide bonds. The molecule has 1 aromatic carbocycles. The maximum absolute atomic E-state index is 4.36. The molecule has 0 atom stereocenters. The maximum Gasteiger partial charge on any atom is 0.0931 e. The fraction of sp³-hybridized carbons (Fsp3) is 0.417. The number of aryl methyl sites for hydroxylation is 1. The van der Waals surface area contributed by atoms with Crippen LogP contribution in [-0.4, -0.2) is 9.97 Å². The SMILES string of the molecule is CCc1cc(C(C)C)c2nc[nH]c2c1. The molecular weight excluding hydrogens is 172 g/mol. The standard InChI is InChI=1S/C12H16N2/c1-4-9-5-10(8(2)3)12-11(6-9)13-7-14-12/h5-8H,4H2,1-3H3,(H,13,14). The summed E-state index contributed by atoms with van der Waals surface area (Å²) >= 11 is 0. The highest BCUT2D eigenvalue weighted by molar-refractivity contribution is 5.79. The second-order valence-electron chi connectivity index (χ2n) is 3.99. The number of aromatic nitrogens is 2. The van der Waals surface area contributed by atoms with Crippen molar-refractivity contribution in [2.24, 2.45) is 0 Å². The van der Waals surface area contributed by atoms with Crippen molar-refractivity contribution < 1.29 is 0 Å². The molecule has 0 radical (unpaired) electrons. The fourth-order valence-corrected chi connectivity index (χ4v) is 1.78. The van der Waals surface area contributed by atoms with E-state index < -0.39 is 0 Å². The van der Waals surface area contributed by atoms with Crippen molar-refractivity contribution >= 4 is 11.0 Å². The maximum atomic E-state index is 4.36. The molecule has 74 valence electrons. The van der Waals surface area contributed by atoms with Crippen LogP contribution in [0.3, 0.4) is 0 Å². The van der Waals surface area contributed by atoms with E-state index in [2.05, 4.69) is 42.9 Å². The Morgan fingerprint density at radius 2 is 2.14 bits per heavy atom. The van der Waals surface area contributed by atoms with E-state index in [-0.39, 0.29) is 0 Å². The Labute approximate surface area is 84.4 Å². The summed E-state index contributed by atoms with van der Waals surface area (Å²) in [6, 6.07) is 4.46. The quantitative estimate of drug-likeness (QED) is 0.770. The van der Waals surface area contributed by atoms with Gasteiger partial charge in [0.25, 0.3) is 0 Å². The van der Waals surface area contributed by atoms with E-state index in [1.165, 1.54) is 11.1 Å². The molecule has 14 heavy (non-hydrogen) atoms. The molecule has 2 nitrogen and oxygen atoms in total. The number of hydrogen-bond donors (Lipinski definition) is 1. The zero-order valence-corrected chi connectivity index (χ0v) is 8.96. The number of aromatic amines is 1. The normalized spacial score (nSPS) is 11.4. The molecule has 0 aliphatic carbocycles. The van der Waals surface area contributed by atoms with Crippen LogP contribution in [0.4, 0.5) is 0 Å². The van der Waals surface area contributed by atoms with Crippen LogP contribution < -0.4 is 0 Å². The molecule has 0 aliphatic rings. The lowest BCUT2D eigenvalue weighted by Gasteiger charge is -2.08. The van der Waals surface area contributed by atoms with Crippen LogP contribution in [0.5, 0.6) is 0 Å². The predicted molar refractivity (Wildman–Crippen MR) is 59.6 cm³/mol. The van der Waals surface area contributed by atoms with Gasteiger partial charge < -0.3 is 4.98 Å². The molecule has 0 saturated heterocycles. The van der Waals surface area contributed by atoms with E-state index >= 15 is 0 Å². The van der Waals surface area contributed by atoms with Crippen molar-refractivity contribution in [2.45, 2.75) is 33.1 Å². The Hall–Kier alpha value is -1.31. The topological polar surface area (TPSA) is 28.7 Å². The van der Waals surface area contributed by atoms with Gasteiger partial charge in [-0.2, -0.15) is 0 Å². The number of hydrogen-bond acceptors (Lipinski definition) is 1. The van der Waals surface area contributed by atoms with E-state index in [4.69, 9.17) is 0 Å². The smallest absolute Gasteiger partial charge is 0.0931 e. The van der Waals surface area contributed by atoms with Crippen LogP contribution >= 0.6 is 0 Å². The largest absolute Gasteiger partial charge is 0.345 e. The summed E-state index contributed by atoms with van der Waals surface area (Å²) in [5.41, 5.74) is 5.01. The summed E-state index contributed by atoms with van der Waals surface area (Å²) in [5.74, 6) is 0.535. The minimum Gasteiger partial charge on any atom is -0.345 e. The van der Waals surface area contributed by atoms with E-state index in [0.29, 0.717) is 5.92 Å². The Morgan fingerprint density at radius 3 is 2.79 bits per heavy atom. The van der Waals surface area contributed by atoms with E-state index in [9.17, 15) is 0 Å². The molecule has 0 saturated carbocycles. The fourth-order valence-electron chi connectivity index (χ4n) is 1.78. The molecule has 2 heteroatoms. The summed E-state index contributed by atoms with van der Waals surface area (Å²) in [6.07, 6.45) is 2.85. The number of imidazole rings is 1. The van der Waals surface area contributed by atoms with Crippen molar-refractivity contribution in [2.75, 3.05) is 0 Å². The third-order valence-electron chi connectivity index (χ3n) is 2.64. The van der Waals surface area contributed by atoms with Crippen molar-refractivity contribution in [3.8, 4) is 0 Å². The predicted octanol–water partition coefficient (Wildman–Crippen LogP) is 3.25. The van der Waals surface area contributed by atoms with Crippen LogP contribution in [-0.2, 0) is 6.42 Å². The molecule has 0 fully saturated rings. The van der Waals surface area contributed by atoms with Gasteiger partial charge in [-0.1, -0.05) is 26.8 Å². The van der Waals surface area contributed by atoms with Crippen LogP contribution in [0, 0.1) is 0 Å². The first-order valence-corrected chi connectivity index (χ1v) is 5.18. The van der Waals surface area contributed by atoms with Crippen LogP contribution in [0.1, 0.15) is 37.8 Å². The third kappa shape index (κ3) is 1.41. The second kappa shape index (κ2) is 3.45. The monoisotopic (exact) mass is 188 g/mol. The second-order valence-corrected chi connectivity index (χ2v) is 3.99. The minimum atomic E-state index is 0.535. The van der Waals surface area contributed by atoms with Crippen LogP contribution in [0.15, 0.2) is 18.5 Å².